The molecule has 1 aromatic carbocycles. The first-order chi connectivity index (χ1) is 27.4. The lowest BCUT2D eigenvalue weighted by Gasteiger charge is -2.43. The molecule has 0 radical (unpaired) electrons. The molecule has 312 valence electrons. The molecule has 2 fully saturated rings. The van der Waals surface area contributed by atoms with Crippen LogP contribution in [0, 0.1) is 23.7 Å². The number of aliphatic hydroxyl groups is 9. The van der Waals surface area contributed by atoms with Gasteiger partial charge in [0.2, 0.25) is 12.6 Å². The van der Waals surface area contributed by atoms with Crippen LogP contribution in [0.1, 0.15) is 16.8 Å². The second-order valence-electron chi connectivity index (χ2n) is 14.5. The van der Waals surface area contributed by atoms with Crippen molar-refractivity contribution in [3.63, 3.8) is 0 Å². The van der Waals surface area contributed by atoms with Gasteiger partial charge in [0, 0.05) is 11.8 Å². The smallest absolute Gasteiger partial charge is 0.338 e. The number of ether oxygens (including phenoxy) is 8. The Morgan fingerprint density at radius 3 is 1.91 bits per heavy atom. The van der Waals surface area contributed by atoms with Crippen LogP contribution in [0.15, 0.2) is 77.8 Å². The average molecular weight is 807 g/mol. The van der Waals surface area contributed by atoms with Crippen molar-refractivity contribution >= 4 is 11.9 Å². The van der Waals surface area contributed by atoms with E-state index in [9.17, 15) is 55.5 Å². The van der Waals surface area contributed by atoms with Gasteiger partial charge in [-0.2, -0.15) is 0 Å². The maximum absolute atomic E-state index is 14.0. The molecule has 17 atom stereocenters. The predicted molar refractivity (Wildman–Crippen MR) is 185 cm³/mol. The fraction of sp³-hybridized carbons (Fsp3) is 0.579. The third-order valence-electron chi connectivity index (χ3n) is 11.2. The number of rotatable bonds is 12. The zero-order chi connectivity index (χ0) is 40.5. The number of hydrogen-bond donors (Lipinski definition) is 9. The summed E-state index contributed by atoms with van der Waals surface area (Å²) in [4.78, 5) is 27.0. The van der Waals surface area contributed by atoms with Crippen LogP contribution < -0.4 is 0 Å². The van der Waals surface area contributed by atoms with E-state index in [1.807, 2.05) is 0 Å². The summed E-state index contributed by atoms with van der Waals surface area (Å²) in [5.41, 5.74) is 1.22. The van der Waals surface area contributed by atoms with Gasteiger partial charge in [-0.25, -0.2) is 9.59 Å². The van der Waals surface area contributed by atoms with Crippen LogP contribution in [-0.2, 0) is 42.7 Å². The van der Waals surface area contributed by atoms with Crippen molar-refractivity contribution in [2.75, 3.05) is 26.4 Å². The lowest BCUT2D eigenvalue weighted by Crippen LogP contribution is -2.60. The van der Waals surface area contributed by atoms with Crippen LogP contribution >= 0.6 is 0 Å². The first kappa shape index (κ1) is 41.4. The standard InChI is InChI=1S/C38H46O19/c39-11-17-6-7-19-21(15-52-36(25(17)19)57-38-32(47)30(45)28(43)24(13-41)55-38)34(49)53-22-10-18(14-51-33(48)16-4-2-1-3-5-16)26-20(22)8-9-50-35(26)56-37-31(46)29(44)27(42)23(12-40)54-37/h1-6,8-10,15,19-20,22-32,35-47H,7,11-14H2/t19-,20+,22-,23-,24-,25-,26-,27-,28-,29+,30+,31-,32-,35+,36+,37+,38+/m1/s1. The number of aliphatic hydroxyl groups excluding tert-OH is 9. The maximum Gasteiger partial charge on any atom is 0.338 e. The molecule has 19 heteroatoms. The average Bonchev–Trinajstić information content (AvgIpc) is 3.82. The van der Waals surface area contributed by atoms with E-state index in [4.69, 9.17) is 37.9 Å². The quantitative estimate of drug-likeness (QED) is 0.0763. The van der Waals surface area contributed by atoms with Crippen LogP contribution in [0.25, 0.3) is 0 Å². The van der Waals surface area contributed by atoms with Gasteiger partial charge in [-0.15, -0.1) is 0 Å². The van der Waals surface area contributed by atoms with E-state index >= 15 is 0 Å². The van der Waals surface area contributed by atoms with Gasteiger partial charge in [0.25, 0.3) is 0 Å². The van der Waals surface area contributed by atoms with E-state index < -0.39 is 136 Å². The Morgan fingerprint density at radius 2 is 1.32 bits per heavy atom. The van der Waals surface area contributed by atoms with E-state index in [1.165, 1.54) is 6.26 Å². The summed E-state index contributed by atoms with van der Waals surface area (Å²) in [6, 6.07) is 8.22. The largest absolute Gasteiger partial charge is 0.472 e. The summed E-state index contributed by atoms with van der Waals surface area (Å²) in [5.74, 6) is -4.40. The summed E-state index contributed by atoms with van der Waals surface area (Å²) >= 11 is 0. The minimum absolute atomic E-state index is 0.0763. The van der Waals surface area contributed by atoms with Crippen LogP contribution in [-0.4, -0.2) is 164 Å². The maximum atomic E-state index is 14.0. The summed E-state index contributed by atoms with van der Waals surface area (Å²) in [6.07, 6.45) is -11.8. The Kier molecular flexibility index (Phi) is 12.8. The molecule has 4 heterocycles. The van der Waals surface area contributed by atoms with Gasteiger partial charge in [0.05, 0.1) is 55.3 Å². The van der Waals surface area contributed by atoms with Crippen molar-refractivity contribution in [1.29, 1.82) is 0 Å². The SMILES string of the molecule is O=C(O[C@@H]1C=C(COC(=O)c2ccccc2)[C@H]2[C@H](O[C@@H]3O[C@H](CO)[C@@H](O)[C@H](O)[C@H]3O)OC=C[C@H]21)C1=CO[C@@H](O[C@@H]2O[C@H](CO)[C@@H](O)[C@H](O)[C@H]2O)[C@@H]2C(CO)=CC[C@H]12. The van der Waals surface area contributed by atoms with Crippen molar-refractivity contribution in [3.8, 4) is 0 Å². The lowest BCUT2D eigenvalue weighted by molar-refractivity contribution is -0.340. The molecular formula is C38H46O19. The van der Waals surface area contributed by atoms with Gasteiger partial charge in [0.15, 0.2) is 12.6 Å². The third-order valence-corrected chi connectivity index (χ3v) is 11.2. The Morgan fingerprint density at radius 1 is 0.702 bits per heavy atom. The predicted octanol–water partition coefficient (Wildman–Crippen LogP) is -2.77. The molecule has 2 aliphatic carbocycles. The first-order valence-corrected chi connectivity index (χ1v) is 18.5. The molecule has 9 N–H and O–H groups in total. The first-order valence-electron chi connectivity index (χ1n) is 18.5. The van der Waals surface area contributed by atoms with Gasteiger partial charge < -0.3 is 83.9 Å². The van der Waals surface area contributed by atoms with Crippen molar-refractivity contribution in [1.82, 2.24) is 0 Å². The lowest BCUT2D eigenvalue weighted by atomic mass is 9.83. The summed E-state index contributed by atoms with van der Waals surface area (Å²) in [5, 5.41) is 91.8. The molecule has 0 saturated carbocycles. The number of esters is 2. The number of hydrogen-bond acceptors (Lipinski definition) is 19. The zero-order valence-electron chi connectivity index (χ0n) is 30.2. The zero-order valence-corrected chi connectivity index (χ0v) is 30.2. The van der Waals surface area contributed by atoms with Gasteiger partial charge in [-0.05, 0) is 41.9 Å². The molecular weight excluding hydrogens is 760 g/mol. The summed E-state index contributed by atoms with van der Waals surface area (Å²) in [7, 11) is 0. The molecule has 4 aliphatic heterocycles. The van der Waals surface area contributed by atoms with E-state index in [2.05, 4.69) is 0 Å². The highest BCUT2D eigenvalue weighted by molar-refractivity contribution is 5.90. The van der Waals surface area contributed by atoms with E-state index in [-0.39, 0.29) is 24.2 Å². The molecule has 1 aromatic rings. The molecule has 57 heavy (non-hydrogen) atoms. The molecule has 2 saturated heterocycles. The molecule has 7 rings (SSSR count). The molecule has 6 aliphatic rings. The van der Waals surface area contributed by atoms with E-state index in [0.717, 1.165) is 6.26 Å². The topological polar surface area (TPSA) is 290 Å². The minimum Gasteiger partial charge on any atom is -0.472 e. The third kappa shape index (κ3) is 8.13. The highest BCUT2D eigenvalue weighted by Gasteiger charge is 2.53. The number of carbonyl (C=O) groups is 2. The van der Waals surface area contributed by atoms with Crippen molar-refractivity contribution < 1.29 is 93.4 Å². The Hall–Kier alpha value is -3.80. The highest BCUT2D eigenvalue weighted by Crippen LogP contribution is 2.46. The number of carbonyl (C=O) groups excluding carboxylic acids is 2. The fourth-order valence-corrected chi connectivity index (χ4v) is 8.07. The molecule has 0 aromatic heterocycles. The van der Waals surface area contributed by atoms with Crippen molar-refractivity contribution in [2.45, 2.75) is 86.5 Å². The van der Waals surface area contributed by atoms with E-state index in [1.54, 1.807) is 48.6 Å². The number of benzene rings is 1. The van der Waals surface area contributed by atoms with Crippen LogP contribution in [0.4, 0.5) is 0 Å². The Balaban J connectivity index is 1.10. The van der Waals surface area contributed by atoms with Crippen LogP contribution in [0.5, 0.6) is 0 Å². The molecule has 0 spiro atoms. The minimum atomic E-state index is -1.75. The van der Waals surface area contributed by atoms with Gasteiger partial charge in [-0.3, -0.25) is 0 Å². The molecule has 19 nitrogen and oxygen atoms in total. The Bertz CT molecular complexity index is 1710. The van der Waals surface area contributed by atoms with Crippen molar-refractivity contribution in [2.24, 2.45) is 23.7 Å². The van der Waals surface area contributed by atoms with Gasteiger partial charge in [0.1, 0.15) is 61.5 Å². The normalized spacial score (nSPS) is 41.1. The Labute approximate surface area is 325 Å². The van der Waals surface area contributed by atoms with Crippen molar-refractivity contribution in [3.05, 3.63) is 83.4 Å². The second-order valence-corrected chi connectivity index (χ2v) is 14.5. The molecule has 0 bridgehead atoms. The number of fused-ring (bicyclic) bond motifs is 2. The molecule has 0 amide bonds. The van der Waals surface area contributed by atoms with E-state index in [0.29, 0.717) is 11.1 Å². The van der Waals surface area contributed by atoms with Gasteiger partial charge >= 0.3 is 11.9 Å². The monoisotopic (exact) mass is 806 g/mol. The second kappa shape index (κ2) is 17.6. The summed E-state index contributed by atoms with van der Waals surface area (Å²) in [6.45, 7) is -2.11. The molecule has 0 unspecified atom stereocenters. The number of allylic oxidation sites excluding steroid dienone is 1. The van der Waals surface area contributed by atoms with Gasteiger partial charge in [-0.1, -0.05) is 24.3 Å². The highest BCUT2D eigenvalue weighted by atomic mass is 16.8. The fourth-order valence-electron chi connectivity index (χ4n) is 8.07. The van der Waals surface area contributed by atoms with Crippen LogP contribution in [0.2, 0.25) is 0 Å². The summed E-state index contributed by atoms with van der Waals surface area (Å²) < 4.78 is 46.2. The van der Waals surface area contributed by atoms with Crippen LogP contribution in [0.3, 0.4) is 0 Å².